The molecule has 2 heterocycles. The Hall–Kier alpha value is -0.450. The maximum Gasteiger partial charge on any atom is 0.113 e. The van der Waals surface area contributed by atoms with Crippen LogP contribution in [0.5, 0.6) is 0 Å². The average molecular weight is 308 g/mol. The van der Waals surface area contributed by atoms with Gasteiger partial charge in [0.15, 0.2) is 0 Å². The van der Waals surface area contributed by atoms with Crippen molar-refractivity contribution in [1.82, 2.24) is 10.3 Å². The Kier molecular flexibility index (Phi) is 4.40. The van der Waals surface area contributed by atoms with Gasteiger partial charge >= 0.3 is 0 Å². The lowest BCUT2D eigenvalue weighted by molar-refractivity contribution is -0.103. The molecule has 0 saturated carbocycles. The van der Waals surface area contributed by atoms with Gasteiger partial charge in [-0.3, -0.25) is 0 Å². The molecule has 1 N–H and O–H groups in total. The largest absolute Gasteiger partial charge is 0.375 e. The van der Waals surface area contributed by atoms with E-state index < -0.39 is 0 Å². The van der Waals surface area contributed by atoms with Crippen LogP contribution in [0.2, 0.25) is 0 Å². The molecule has 1 fully saturated rings. The molecule has 0 aromatic carbocycles. The summed E-state index contributed by atoms with van der Waals surface area (Å²) in [6.07, 6.45) is 8.03. The van der Waals surface area contributed by atoms with E-state index in [2.05, 4.69) is 26.1 Å². The van der Waals surface area contributed by atoms with Crippen LogP contribution in [0.4, 0.5) is 0 Å². The van der Waals surface area contributed by atoms with Crippen LogP contribution < -0.4 is 5.32 Å². The zero-order chi connectivity index (χ0) is 14.9. The summed E-state index contributed by atoms with van der Waals surface area (Å²) in [5, 5.41) is 5.17. The molecule has 1 aliphatic carbocycles. The fourth-order valence-corrected chi connectivity index (χ4v) is 4.99. The number of nitrogens with zero attached hydrogens (tertiary/aromatic N) is 1. The Bertz CT molecular complexity index is 479. The summed E-state index contributed by atoms with van der Waals surface area (Å²) in [7, 11) is 0. The second kappa shape index (κ2) is 5.98. The lowest BCUT2D eigenvalue weighted by atomic mass is 9.79. The molecule has 0 amide bonds. The van der Waals surface area contributed by atoms with Crippen molar-refractivity contribution in [3.8, 4) is 0 Å². The van der Waals surface area contributed by atoms with Gasteiger partial charge in [0.05, 0.1) is 16.8 Å². The third-order valence-corrected chi connectivity index (χ3v) is 6.48. The molecule has 3 nitrogen and oxygen atoms in total. The van der Waals surface area contributed by atoms with Crippen LogP contribution >= 0.6 is 11.3 Å². The number of rotatable bonds is 5. The number of aromatic nitrogens is 1. The van der Waals surface area contributed by atoms with E-state index in [0.29, 0.717) is 0 Å². The highest BCUT2D eigenvalue weighted by molar-refractivity contribution is 7.12. The van der Waals surface area contributed by atoms with Gasteiger partial charge in [-0.2, -0.15) is 0 Å². The van der Waals surface area contributed by atoms with Crippen molar-refractivity contribution in [3.05, 3.63) is 15.6 Å². The van der Waals surface area contributed by atoms with Gasteiger partial charge < -0.3 is 10.1 Å². The number of fused-ring (bicyclic) bond motifs is 1. The lowest BCUT2D eigenvalue weighted by Crippen LogP contribution is -2.53. The van der Waals surface area contributed by atoms with E-state index in [4.69, 9.17) is 9.72 Å². The summed E-state index contributed by atoms with van der Waals surface area (Å²) >= 11 is 1.96. The number of thiazole rings is 1. The topological polar surface area (TPSA) is 34.2 Å². The molecular weight excluding hydrogens is 280 g/mol. The molecule has 4 heteroatoms. The van der Waals surface area contributed by atoms with E-state index in [0.717, 1.165) is 38.8 Å². The van der Waals surface area contributed by atoms with E-state index in [1.54, 1.807) is 0 Å². The highest BCUT2D eigenvalue weighted by Gasteiger charge is 2.45. The summed E-state index contributed by atoms with van der Waals surface area (Å²) in [5.41, 5.74) is 1.39. The Morgan fingerprint density at radius 3 is 2.90 bits per heavy atom. The van der Waals surface area contributed by atoms with Crippen molar-refractivity contribution in [3.63, 3.8) is 0 Å². The van der Waals surface area contributed by atoms with Gasteiger partial charge in [-0.25, -0.2) is 4.98 Å². The highest BCUT2D eigenvalue weighted by atomic mass is 32.1. The van der Waals surface area contributed by atoms with Gasteiger partial charge in [0, 0.05) is 17.9 Å². The molecule has 118 valence electrons. The molecule has 1 aromatic rings. The van der Waals surface area contributed by atoms with Crippen LogP contribution in [0.3, 0.4) is 0 Å². The van der Waals surface area contributed by atoms with Crippen LogP contribution in [0, 0.1) is 0 Å². The Balaban J connectivity index is 1.92. The molecule has 2 atom stereocenters. The Labute approximate surface area is 132 Å². The van der Waals surface area contributed by atoms with Crippen molar-refractivity contribution in [1.29, 1.82) is 0 Å². The number of hydrogen-bond donors (Lipinski definition) is 1. The van der Waals surface area contributed by atoms with Crippen molar-refractivity contribution < 1.29 is 4.74 Å². The van der Waals surface area contributed by atoms with E-state index >= 15 is 0 Å². The Morgan fingerprint density at radius 1 is 1.33 bits per heavy atom. The third-order valence-electron chi connectivity index (χ3n) is 5.12. The monoisotopic (exact) mass is 308 g/mol. The second-order valence-corrected chi connectivity index (χ2v) is 7.91. The molecule has 0 spiro atoms. The van der Waals surface area contributed by atoms with Crippen LogP contribution in [0.1, 0.15) is 68.5 Å². The first-order valence-electron chi connectivity index (χ1n) is 8.49. The molecule has 0 radical (unpaired) electrons. The summed E-state index contributed by atoms with van der Waals surface area (Å²) in [4.78, 5) is 6.57. The fourth-order valence-electron chi connectivity index (χ4n) is 3.64. The molecule has 2 aliphatic rings. The zero-order valence-electron chi connectivity index (χ0n) is 13.6. The lowest BCUT2D eigenvalue weighted by Gasteiger charge is -2.45. The number of hydrogen-bond acceptors (Lipinski definition) is 4. The number of ether oxygens (including phenoxy) is 1. The molecule has 21 heavy (non-hydrogen) atoms. The standard InChI is InChI=1S/C17H28N2OS/c1-4-10-18-17(9-11-20-16(3,5-2)12-17)15-19-13-7-6-8-14(13)21-15/h18H,4-12H2,1-3H3. The predicted octanol–water partition coefficient (Wildman–Crippen LogP) is 3.81. The van der Waals surface area contributed by atoms with Gasteiger partial charge in [-0.05, 0) is 52.0 Å². The minimum atomic E-state index is -0.0187. The van der Waals surface area contributed by atoms with E-state index in [1.807, 2.05) is 11.3 Å². The molecule has 1 saturated heterocycles. The molecule has 1 aliphatic heterocycles. The van der Waals surface area contributed by atoms with E-state index in [9.17, 15) is 0 Å². The smallest absolute Gasteiger partial charge is 0.113 e. The SMILES string of the molecule is CCCNC1(c2nc3c(s2)CCC3)CCOC(C)(CC)C1. The first-order chi connectivity index (χ1) is 10.1. The first-order valence-corrected chi connectivity index (χ1v) is 9.30. The highest BCUT2D eigenvalue weighted by Crippen LogP contribution is 2.44. The minimum Gasteiger partial charge on any atom is -0.375 e. The molecule has 0 bridgehead atoms. The molecular formula is C17H28N2OS. The quantitative estimate of drug-likeness (QED) is 0.898. The maximum absolute atomic E-state index is 6.09. The second-order valence-electron chi connectivity index (χ2n) is 6.83. The normalized spacial score (nSPS) is 32.3. The summed E-state index contributed by atoms with van der Waals surface area (Å²) in [6, 6.07) is 0. The maximum atomic E-state index is 6.09. The van der Waals surface area contributed by atoms with Crippen LogP contribution in [-0.2, 0) is 23.1 Å². The average Bonchev–Trinajstić information content (AvgIpc) is 3.07. The predicted molar refractivity (Wildman–Crippen MR) is 88.0 cm³/mol. The number of nitrogens with one attached hydrogen (secondary N) is 1. The third kappa shape index (κ3) is 2.90. The van der Waals surface area contributed by atoms with E-state index in [1.165, 1.54) is 34.8 Å². The zero-order valence-corrected chi connectivity index (χ0v) is 14.4. The van der Waals surface area contributed by atoms with Crippen molar-refractivity contribution >= 4 is 11.3 Å². The van der Waals surface area contributed by atoms with Crippen molar-refractivity contribution in [2.45, 2.75) is 76.9 Å². The van der Waals surface area contributed by atoms with Crippen molar-refractivity contribution in [2.75, 3.05) is 13.2 Å². The van der Waals surface area contributed by atoms with Crippen LogP contribution in [-0.4, -0.2) is 23.7 Å². The van der Waals surface area contributed by atoms with Gasteiger partial charge in [-0.15, -0.1) is 11.3 Å². The molecule has 3 rings (SSSR count). The van der Waals surface area contributed by atoms with Crippen LogP contribution in [0.25, 0.3) is 0 Å². The van der Waals surface area contributed by atoms with E-state index in [-0.39, 0.29) is 11.1 Å². The van der Waals surface area contributed by atoms with Gasteiger partial charge in [0.2, 0.25) is 0 Å². The number of aryl methyl sites for hydroxylation is 2. The van der Waals surface area contributed by atoms with Crippen LogP contribution in [0.15, 0.2) is 0 Å². The summed E-state index contributed by atoms with van der Waals surface area (Å²) in [6.45, 7) is 8.63. The molecule has 2 unspecified atom stereocenters. The summed E-state index contributed by atoms with van der Waals surface area (Å²) < 4.78 is 6.09. The van der Waals surface area contributed by atoms with Crippen molar-refractivity contribution in [2.24, 2.45) is 0 Å². The molecule has 1 aromatic heterocycles. The fraction of sp³-hybridized carbons (Fsp3) is 0.824. The minimum absolute atomic E-state index is 0.0187. The summed E-state index contributed by atoms with van der Waals surface area (Å²) in [5.74, 6) is 0. The van der Waals surface area contributed by atoms with Gasteiger partial charge in [-0.1, -0.05) is 13.8 Å². The van der Waals surface area contributed by atoms with Gasteiger partial charge in [0.25, 0.3) is 0 Å². The first kappa shape index (κ1) is 15.4. The van der Waals surface area contributed by atoms with Gasteiger partial charge in [0.1, 0.15) is 5.01 Å². The Morgan fingerprint density at radius 2 is 2.19 bits per heavy atom.